The average molecular weight is 390 g/mol. The van der Waals surface area contributed by atoms with E-state index in [0.29, 0.717) is 11.8 Å². The Hall–Kier alpha value is -2.39. The van der Waals surface area contributed by atoms with Crippen LogP contribution < -0.4 is 10.7 Å². The highest BCUT2D eigenvalue weighted by Crippen LogP contribution is 2.33. The van der Waals surface area contributed by atoms with Gasteiger partial charge in [-0.2, -0.15) is 18.3 Å². The zero-order valence-electron chi connectivity index (χ0n) is 12.6. The largest absolute Gasteiger partial charge is 0.416 e. The summed E-state index contributed by atoms with van der Waals surface area (Å²) in [5.74, 6) is -2.33. The summed E-state index contributed by atoms with van der Waals surface area (Å²) in [4.78, 5) is 24.3. The molecule has 1 heterocycles. The van der Waals surface area contributed by atoms with E-state index in [1.807, 2.05) is 16.1 Å². The van der Waals surface area contributed by atoms with Crippen LogP contribution in [0.25, 0.3) is 0 Å². The van der Waals surface area contributed by atoms with Crippen LogP contribution in [0.2, 0.25) is 5.02 Å². The zero-order chi connectivity index (χ0) is 18.6. The van der Waals surface area contributed by atoms with Crippen LogP contribution in [0.4, 0.5) is 18.9 Å². The molecule has 1 aromatic heterocycles. The first-order chi connectivity index (χ1) is 11.7. The molecule has 2 N–H and O–H groups in total. The van der Waals surface area contributed by atoms with Gasteiger partial charge in [0.2, 0.25) is 0 Å². The van der Waals surface area contributed by atoms with E-state index in [-0.39, 0.29) is 10.7 Å². The third-order valence-corrected chi connectivity index (χ3v) is 4.26. The van der Waals surface area contributed by atoms with Crippen molar-refractivity contribution in [1.82, 2.24) is 5.43 Å². The maximum Gasteiger partial charge on any atom is 0.416 e. The molecule has 25 heavy (non-hydrogen) atoms. The number of hydrogen-bond donors (Lipinski definition) is 2. The van der Waals surface area contributed by atoms with Gasteiger partial charge in [0.1, 0.15) is 0 Å². The number of rotatable bonds is 3. The summed E-state index contributed by atoms with van der Waals surface area (Å²) in [7, 11) is 0. The van der Waals surface area contributed by atoms with Crippen molar-refractivity contribution in [3.63, 3.8) is 0 Å². The summed E-state index contributed by atoms with van der Waals surface area (Å²) >= 11 is 7.14. The summed E-state index contributed by atoms with van der Waals surface area (Å²) in [6, 6.07) is 5.97. The molecule has 0 saturated carbocycles. The van der Waals surface area contributed by atoms with Crippen LogP contribution in [-0.2, 0) is 15.8 Å². The van der Waals surface area contributed by atoms with Gasteiger partial charge in [0.05, 0.1) is 22.0 Å². The van der Waals surface area contributed by atoms with Crippen molar-refractivity contribution >= 4 is 46.2 Å². The summed E-state index contributed by atoms with van der Waals surface area (Å²) in [5, 5.41) is 7.48. The fourth-order valence-electron chi connectivity index (χ4n) is 1.70. The molecule has 5 nitrogen and oxygen atoms in total. The van der Waals surface area contributed by atoms with Gasteiger partial charge in [0.25, 0.3) is 0 Å². The van der Waals surface area contributed by atoms with Crippen LogP contribution in [0.15, 0.2) is 40.8 Å². The average Bonchev–Trinajstić information content (AvgIpc) is 3.07. The fourth-order valence-corrected chi connectivity index (χ4v) is 2.54. The van der Waals surface area contributed by atoms with Crippen molar-refractivity contribution in [1.29, 1.82) is 0 Å². The fraction of sp³-hybridized carbons (Fsp3) is 0.133. The van der Waals surface area contributed by atoms with Crippen molar-refractivity contribution in [2.24, 2.45) is 5.10 Å². The van der Waals surface area contributed by atoms with E-state index in [4.69, 9.17) is 11.6 Å². The van der Waals surface area contributed by atoms with E-state index < -0.39 is 23.6 Å². The standard InChI is InChI=1S/C15H11ClF3N3O2S/c1-8(12-3-2-6-25-12)21-22-14(24)13(23)20-11-7-9(15(17,18)19)4-5-10(11)16/h2-7H,1H3,(H,20,23)(H,22,24)/b21-8+. The van der Waals surface area contributed by atoms with Gasteiger partial charge in [0.15, 0.2) is 0 Å². The molecule has 2 amide bonds. The van der Waals surface area contributed by atoms with Crippen molar-refractivity contribution in [3.05, 3.63) is 51.2 Å². The monoisotopic (exact) mass is 389 g/mol. The summed E-state index contributed by atoms with van der Waals surface area (Å²) in [6.07, 6.45) is -4.60. The molecule has 0 aliphatic heterocycles. The molecular formula is C15H11ClF3N3O2S. The number of halogens is 4. The molecule has 0 atom stereocenters. The van der Waals surface area contributed by atoms with Gasteiger partial charge in [-0.15, -0.1) is 11.3 Å². The van der Waals surface area contributed by atoms with Gasteiger partial charge in [-0.25, -0.2) is 5.43 Å². The van der Waals surface area contributed by atoms with Crippen LogP contribution in [0.5, 0.6) is 0 Å². The van der Waals surface area contributed by atoms with E-state index in [2.05, 4.69) is 5.10 Å². The van der Waals surface area contributed by atoms with Crippen LogP contribution in [0.3, 0.4) is 0 Å². The Bertz CT molecular complexity index is 820. The minimum atomic E-state index is -4.60. The Kier molecular flexibility index (Phi) is 5.81. The van der Waals surface area contributed by atoms with Gasteiger partial charge in [-0.05, 0) is 36.6 Å². The molecule has 0 unspecified atom stereocenters. The summed E-state index contributed by atoms with van der Waals surface area (Å²) in [6.45, 7) is 1.63. The Balaban J connectivity index is 2.06. The van der Waals surface area contributed by atoms with Crippen LogP contribution >= 0.6 is 22.9 Å². The molecule has 0 radical (unpaired) electrons. The van der Waals surface area contributed by atoms with E-state index in [1.165, 1.54) is 11.3 Å². The molecular weight excluding hydrogens is 379 g/mol. The first kappa shape index (κ1) is 18.9. The predicted molar refractivity (Wildman–Crippen MR) is 89.8 cm³/mol. The van der Waals surface area contributed by atoms with Crippen LogP contribution in [-0.4, -0.2) is 17.5 Å². The van der Waals surface area contributed by atoms with Gasteiger partial charge in [0, 0.05) is 4.88 Å². The number of thiophene rings is 1. The Morgan fingerprint density at radius 3 is 2.52 bits per heavy atom. The number of amides is 2. The quantitative estimate of drug-likeness (QED) is 0.475. The van der Waals surface area contributed by atoms with E-state index in [1.54, 1.807) is 19.1 Å². The second-order valence-electron chi connectivity index (χ2n) is 4.76. The first-order valence-electron chi connectivity index (χ1n) is 6.74. The lowest BCUT2D eigenvalue weighted by atomic mass is 10.2. The highest BCUT2D eigenvalue weighted by molar-refractivity contribution is 7.12. The number of hydrazone groups is 1. The smallest absolute Gasteiger partial charge is 0.316 e. The van der Waals surface area contributed by atoms with E-state index in [0.717, 1.165) is 17.0 Å². The Morgan fingerprint density at radius 1 is 1.20 bits per heavy atom. The Labute approximate surface area is 149 Å². The third-order valence-electron chi connectivity index (χ3n) is 2.95. The SMILES string of the molecule is C/C(=N\NC(=O)C(=O)Nc1cc(C(F)(F)F)ccc1Cl)c1cccs1. The minimum absolute atomic E-state index is 0.132. The normalized spacial score (nSPS) is 12.0. The molecule has 2 aromatic rings. The summed E-state index contributed by atoms with van der Waals surface area (Å²) in [5.41, 5.74) is 1.19. The van der Waals surface area contributed by atoms with E-state index in [9.17, 15) is 22.8 Å². The van der Waals surface area contributed by atoms with Crippen molar-refractivity contribution in [2.75, 3.05) is 5.32 Å². The van der Waals surface area contributed by atoms with Crippen molar-refractivity contribution < 1.29 is 22.8 Å². The molecule has 10 heteroatoms. The number of anilines is 1. The topological polar surface area (TPSA) is 70.6 Å². The molecule has 0 fully saturated rings. The Morgan fingerprint density at radius 2 is 1.92 bits per heavy atom. The van der Waals surface area contributed by atoms with Crippen LogP contribution in [0, 0.1) is 0 Å². The van der Waals surface area contributed by atoms with Crippen molar-refractivity contribution in [3.8, 4) is 0 Å². The number of nitrogens with one attached hydrogen (secondary N) is 2. The predicted octanol–water partition coefficient (Wildman–Crippen LogP) is 3.90. The zero-order valence-corrected chi connectivity index (χ0v) is 14.2. The molecule has 2 rings (SSSR count). The van der Waals surface area contributed by atoms with Crippen LogP contribution in [0.1, 0.15) is 17.4 Å². The summed E-state index contributed by atoms with van der Waals surface area (Å²) < 4.78 is 38.1. The molecule has 0 saturated heterocycles. The molecule has 0 spiro atoms. The van der Waals surface area contributed by atoms with Gasteiger partial charge in [-0.1, -0.05) is 17.7 Å². The lowest BCUT2D eigenvalue weighted by Crippen LogP contribution is -2.33. The van der Waals surface area contributed by atoms with Gasteiger partial charge >= 0.3 is 18.0 Å². The number of benzene rings is 1. The number of alkyl halides is 3. The highest BCUT2D eigenvalue weighted by atomic mass is 35.5. The minimum Gasteiger partial charge on any atom is -0.316 e. The lowest BCUT2D eigenvalue weighted by Gasteiger charge is -2.11. The molecule has 1 aromatic carbocycles. The molecule has 132 valence electrons. The van der Waals surface area contributed by atoms with E-state index >= 15 is 0 Å². The molecule has 0 bridgehead atoms. The number of carbonyl (C=O) groups is 2. The second-order valence-corrected chi connectivity index (χ2v) is 6.12. The van der Waals surface area contributed by atoms with Gasteiger partial charge in [-0.3, -0.25) is 9.59 Å². The number of nitrogens with zero attached hydrogens (tertiary/aromatic N) is 1. The molecule has 0 aliphatic carbocycles. The van der Waals surface area contributed by atoms with Gasteiger partial charge < -0.3 is 5.32 Å². The number of carbonyl (C=O) groups excluding carboxylic acids is 2. The maximum absolute atomic E-state index is 12.7. The second kappa shape index (κ2) is 7.66. The first-order valence-corrected chi connectivity index (χ1v) is 8.00. The maximum atomic E-state index is 12.7. The highest BCUT2D eigenvalue weighted by Gasteiger charge is 2.31. The van der Waals surface area contributed by atoms with Crippen molar-refractivity contribution in [2.45, 2.75) is 13.1 Å². The molecule has 0 aliphatic rings. The lowest BCUT2D eigenvalue weighted by molar-refractivity contribution is -0.137. The number of hydrogen-bond acceptors (Lipinski definition) is 4. The third kappa shape index (κ3) is 5.04.